The molecule has 2 rings (SSSR count). The molecule has 20 heavy (non-hydrogen) atoms. The number of hydrazine groups is 1. The van der Waals surface area contributed by atoms with Crippen molar-refractivity contribution in [1.82, 2.24) is 15.2 Å². The van der Waals surface area contributed by atoms with E-state index in [0.29, 0.717) is 12.0 Å². The summed E-state index contributed by atoms with van der Waals surface area (Å²) >= 11 is 0. The zero-order valence-electron chi connectivity index (χ0n) is 11.7. The molecule has 0 bridgehead atoms. The Kier molecular flexibility index (Phi) is 4.15. The lowest BCUT2D eigenvalue weighted by atomic mass is 9.97. The van der Waals surface area contributed by atoms with Crippen molar-refractivity contribution in [3.8, 4) is 0 Å². The highest BCUT2D eigenvalue weighted by molar-refractivity contribution is 5.30. The van der Waals surface area contributed by atoms with Gasteiger partial charge in [-0.3, -0.25) is 16.0 Å². The number of hydrogen-bond acceptors (Lipinski definition) is 3. The second-order valence-corrected chi connectivity index (χ2v) is 4.91. The van der Waals surface area contributed by atoms with Gasteiger partial charge in [0.1, 0.15) is 11.6 Å². The number of aryl methyl sites for hydroxylation is 2. The van der Waals surface area contributed by atoms with Crippen molar-refractivity contribution in [3.63, 3.8) is 0 Å². The van der Waals surface area contributed by atoms with Gasteiger partial charge in [0.25, 0.3) is 0 Å². The highest BCUT2D eigenvalue weighted by atomic mass is 19.1. The summed E-state index contributed by atoms with van der Waals surface area (Å²) in [5.41, 5.74) is 6.04. The summed E-state index contributed by atoms with van der Waals surface area (Å²) in [6.45, 7) is 3.82. The standard InChI is InChI=1S/C14H18F2N4/c1-8-14(9(2)20(3)19-8)13(18-17)6-10-4-11(15)7-12(16)5-10/h4-5,7,13,18H,6,17H2,1-3H3. The van der Waals surface area contributed by atoms with Gasteiger partial charge in [0, 0.05) is 24.4 Å². The fourth-order valence-electron chi connectivity index (χ4n) is 2.50. The van der Waals surface area contributed by atoms with Crippen LogP contribution in [-0.2, 0) is 13.5 Å². The van der Waals surface area contributed by atoms with Crippen molar-refractivity contribution in [2.24, 2.45) is 12.9 Å². The third-order valence-corrected chi connectivity index (χ3v) is 3.48. The van der Waals surface area contributed by atoms with Gasteiger partial charge in [0.05, 0.1) is 11.7 Å². The van der Waals surface area contributed by atoms with Crippen LogP contribution >= 0.6 is 0 Å². The molecule has 0 amide bonds. The minimum atomic E-state index is -0.588. The number of nitrogens with one attached hydrogen (secondary N) is 1. The van der Waals surface area contributed by atoms with Gasteiger partial charge in [0.2, 0.25) is 0 Å². The molecule has 108 valence electrons. The first-order chi connectivity index (χ1) is 9.42. The van der Waals surface area contributed by atoms with Crippen LogP contribution in [0, 0.1) is 25.5 Å². The Hall–Kier alpha value is -1.79. The third kappa shape index (κ3) is 2.86. The van der Waals surface area contributed by atoms with Crippen LogP contribution < -0.4 is 11.3 Å². The second-order valence-electron chi connectivity index (χ2n) is 4.91. The number of rotatable bonds is 4. The number of nitrogens with two attached hydrogens (primary N) is 1. The zero-order valence-corrected chi connectivity index (χ0v) is 11.7. The Labute approximate surface area is 116 Å². The predicted octanol–water partition coefficient (Wildman–Crippen LogP) is 2.06. The predicted molar refractivity (Wildman–Crippen MR) is 72.8 cm³/mol. The molecule has 0 saturated heterocycles. The summed E-state index contributed by atoms with van der Waals surface area (Å²) in [5.74, 6) is 4.43. The van der Waals surface area contributed by atoms with Crippen LogP contribution in [0.25, 0.3) is 0 Å². The van der Waals surface area contributed by atoms with E-state index in [2.05, 4.69) is 10.5 Å². The summed E-state index contributed by atoms with van der Waals surface area (Å²) in [6, 6.07) is 3.24. The normalized spacial score (nSPS) is 12.7. The lowest BCUT2D eigenvalue weighted by molar-refractivity contribution is 0.535. The molecule has 2 aromatic rings. The Morgan fingerprint density at radius 2 is 1.85 bits per heavy atom. The first-order valence-corrected chi connectivity index (χ1v) is 6.33. The van der Waals surface area contributed by atoms with Crippen LogP contribution in [0.4, 0.5) is 8.78 Å². The number of nitrogens with zero attached hydrogens (tertiary/aromatic N) is 2. The van der Waals surface area contributed by atoms with Crippen LogP contribution in [0.3, 0.4) is 0 Å². The second kappa shape index (κ2) is 5.68. The Bertz CT molecular complexity index is 602. The topological polar surface area (TPSA) is 55.9 Å². The molecular formula is C14H18F2N4. The summed E-state index contributed by atoms with van der Waals surface area (Å²) < 4.78 is 28.2. The first kappa shape index (κ1) is 14.6. The minimum absolute atomic E-state index is 0.245. The quantitative estimate of drug-likeness (QED) is 0.666. The van der Waals surface area contributed by atoms with Gasteiger partial charge in [-0.25, -0.2) is 8.78 Å². The van der Waals surface area contributed by atoms with E-state index >= 15 is 0 Å². The SMILES string of the molecule is Cc1nn(C)c(C)c1C(Cc1cc(F)cc(F)c1)NN. The molecule has 1 aromatic carbocycles. The monoisotopic (exact) mass is 280 g/mol. The van der Waals surface area contributed by atoms with Gasteiger partial charge < -0.3 is 0 Å². The molecule has 0 spiro atoms. The number of aromatic nitrogens is 2. The van der Waals surface area contributed by atoms with Gasteiger partial charge in [-0.05, 0) is 38.0 Å². The molecule has 0 fully saturated rings. The maximum Gasteiger partial charge on any atom is 0.126 e. The fourth-order valence-corrected chi connectivity index (χ4v) is 2.50. The Morgan fingerprint density at radius 1 is 1.25 bits per heavy atom. The lowest BCUT2D eigenvalue weighted by Gasteiger charge is -2.17. The van der Waals surface area contributed by atoms with Crippen molar-refractivity contribution in [2.75, 3.05) is 0 Å². The average Bonchev–Trinajstić information content (AvgIpc) is 2.60. The molecule has 1 aromatic heterocycles. The minimum Gasteiger partial charge on any atom is -0.272 e. The molecule has 6 heteroatoms. The highest BCUT2D eigenvalue weighted by Crippen LogP contribution is 2.24. The van der Waals surface area contributed by atoms with Crippen LogP contribution in [0.2, 0.25) is 0 Å². The number of hydrogen-bond donors (Lipinski definition) is 2. The van der Waals surface area contributed by atoms with E-state index in [1.807, 2.05) is 20.9 Å². The molecule has 3 N–H and O–H groups in total. The van der Waals surface area contributed by atoms with E-state index in [4.69, 9.17) is 5.84 Å². The maximum absolute atomic E-state index is 13.2. The van der Waals surface area contributed by atoms with E-state index in [0.717, 1.165) is 23.0 Å². The van der Waals surface area contributed by atoms with Gasteiger partial charge in [0.15, 0.2) is 0 Å². The van der Waals surface area contributed by atoms with Crippen molar-refractivity contribution < 1.29 is 8.78 Å². The lowest BCUT2D eigenvalue weighted by Crippen LogP contribution is -2.30. The molecule has 1 unspecified atom stereocenters. The van der Waals surface area contributed by atoms with Gasteiger partial charge in [-0.1, -0.05) is 0 Å². The van der Waals surface area contributed by atoms with E-state index in [1.165, 1.54) is 12.1 Å². The molecule has 0 saturated carbocycles. The van der Waals surface area contributed by atoms with E-state index in [-0.39, 0.29) is 6.04 Å². The first-order valence-electron chi connectivity index (χ1n) is 6.33. The highest BCUT2D eigenvalue weighted by Gasteiger charge is 2.20. The molecular weight excluding hydrogens is 262 g/mol. The summed E-state index contributed by atoms with van der Waals surface area (Å²) in [4.78, 5) is 0. The van der Waals surface area contributed by atoms with Crippen molar-refractivity contribution in [3.05, 3.63) is 52.3 Å². The largest absolute Gasteiger partial charge is 0.272 e. The summed E-state index contributed by atoms with van der Waals surface area (Å²) in [6.07, 6.45) is 0.387. The molecule has 1 atom stereocenters. The smallest absolute Gasteiger partial charge is 0.126 e. The van der Waals surface area contributed by atoms with Crippen LogP contribution in [0.1, 0.15) is 28.6 Å². The van der Waals surface area contributed by atoms with Gasteiger partial charge in [-0.15, -0.1) is 0 Å². The zero-order chi connectivity index (χ0) is 14.9. The Morgan fingerprint density at radius 3 is 2.30 bits per heavy atom. The number of halogens is 2. The molecule has 1 heterocycles. The summed E-state index contributed by atoms with van der Waals surface area (Å²) in [7, 11) is 1.85. The van der Waals surface area contributed by atoms with E-state index < -0.39 is 11.6 Å². The van der Waals surface area contributed by atoms with Crippen LogP contribution in [0.5, 0.6) is 0 Å². The summed E-state index contributed by atoms with van der Waals surface area (Å²) in [5, 5.41) is 4.33. The van der Waals surface area contributed by atoms with Gasteiger partial charge in [-0.2, -0.15) is 5.10 Å². The van der Waals surface area contributed by atoms with Crippen molar-refractivity contribution >= 4 is 0 Å². The van der Waals surface area contributed by atoms with Gasteiger partial charge >= 0.3 is 0 Å². The van der Waals surface area contributed by atoms with Crippen molar-refractivity contribution in [2.45, 2.75) is 26.3 Å². The maximum atomic E-state index is 13.2. The molecule has 4 nitrogen and oxygen atoms in total. The fraction of sp³-hybridized carbons (Fsp3) is 0.357. The number of benzene rings is 1. The Balaban J connectivity index is 2.33. The van der Waals surface area contributed by atoms with E-state index in [9.17, 15) is 8.78 Å². The molecule has 0 aliphatic rings. The van der Waals surface area contributed by atoms with Crippen molar-refractivity contribution in [1.29, 1.82) is 0 Å². The van der Waals surface area contributed by atoms with Crippen LogP contribution in [-0.4, -0.2) is 9.78 Å². The third-order valence-electron chi connectivity index (χ3n) is 3.48. The van der Waals surface area contributed by atoms with Crippen LogP contribution in [0.15, 0.2) is 18.2 Å². The molecule has 0 aliphatic carbocycles. The molecule has 0 radical (unpaired) electrons. The average molecular weight is 280 g/mol. The van der Waals surface area contributed by atoms with E-state index in [1.54, 1.807) is 4.68 Å². The molecule has 0 aliphatic heterocycles.